The smallest absolute Gasteiger partial charge is 0.330 e. The quantitative estimate of drug-likeness (QED) is 0.251. The Morgan fingerprint density at radius 3 is 2.57 bits per heavy atom. The number of hydrogen-bond donors (Lipinski definition) is 1. The number of ether oxygens (including phenoxy) is 2. The van der Waals surface area contributed by atoms with Gasteiger partial charge in [0, 0.05) is 26.8 Å². The fourth-order valence-corrected chi connectivity index (χ4v) is 4.11. The fourth-order valence-electron chi connectivity index (χ4n) is 2.79. The number of benzene rings is 1. The molecular formula is C19H28Cl2N2O4Si. The first-order valence-electron chi connectivity index (χ1n) is 9.27. The molecule has 9 heteroatoms. The maximum Gasteiger partial charge on any atom is 0.330 e. The lowest BCUT2D eigenvalue weighted by atomic mass is 10.0. The summed E-state index contributed by atoms with van der Waals surface area (Å²) in [5.74, 6) is -0.381. The predicted octanol–water partition coefficient (Wildman–Crippen LogP) is 4.96. The Morgan fingerprint density at radius 2 is 2.00 bits per heavy atom. The van der Waals surface area contributed by atoms with E-state index in [4.69, 9.17) is 32.7 Å². The second-order valence-electron chi connectivity index (χ2n) is 8.33. The summed E-state index contributed by atoms with van der Waals surface area (Å²) in [6, 6.07) is 4.37. The molecule has 0 radical (unpaired) electrons. The van der Waals surface area contributed by atoms with Crippen LogP contribution < -0.4 is 4.74 Å². The van der Waals surface area contributed by atoms with Gasteiger partial charge in [0.25, 0.3) is 0 Å². The van der Waals surface area contributed by atoms with Crippen molar-refractivity contribution in [3.8, 4) is 5.75 Å². The Bertz CT molecular complexity index is 716. The average Bonchev–Trinajstić information content (AvgIpc) is 2.95. The summed E-state index contributed by atoms with van der Waals surface area (Å²) in [6.07, 6.45) is 2.82. The van der Waals surface area contributed by atoms with Crippen molar-refractivity contribution in [1.29, 1.82) is 0 Å². The highest BCUT2D eigenvalue weighted by Gasteiger charge is 2.43. The minimum Gasteiger partial charge on any atom is -0.479 e. The fraction of sp³-hybridized carbons (Fsp3) is 0.579. The molecule has 6 nitrogen and oxygen atoms in total. The van der Waals surface area contributed by atoms with Gasteiger partial charge < -0.3 is 14.6 Å². The molecule has 28 heavy (non-hydrogen) atoms. The Kier molecular flexibility index (Phi) is 7.78. The van der Waals surface area contributed by atoms with Crippen LogP contribution in [-0.4, -0.2) is 55.9 Å². The number of carbonyl (C=O) groups is 1. The number of aliphatic carboxylic acids is 1. The van der Waals surface area contributed by atoms with Gasteiger partial charge in [0.15, 0.2) is 12.3 Å². The summed E-state index contributed by atoms with van der Waals surface area (Å²) in [7, 11) is -1.13. The van der Waals surface area contributed by atoms with Gasteiger partial charge in [0.2, 0.25) is 0 Å². The first-order chi connectivity index (χ1) is 13.0. The van der Waals surface area contributed by atoms with Crippen molar-refractivity contribution in [2.45, 2.75) is 51.0 Å². The van der Waals surface area contributed by atoms with E-state index in [0.717, 1.165) is 12.5 Å². The van der Waals surface area contributed by atoms with Crippen molar-refractivity contribution in [3.63, 3.8) is 0 Å². The van der Waals surface area contributed by atoms with Crippen LogP contribution in [0.15, 0.2) is 17.2 Å². The van der Waals surface area contributed by atoms with Crippen molar-refractivity contribution in [2.75, 3.05) is 19.9 Å². The molecule has 0 saturated carbocycles. The van der Waals surface area contributed by atoms with Crippen LogP contribution in [0.3, 0.4) is 0 Å². The summed E-state index contributed by atoms with van der Waals surface area (Å²) >= 11 is 12.7. The molecule has 0 bridgehead atoms. The number of nitrogens with zero attached hydrogens (tertiary/aromatic N) is 2. The molecule has 1 N–H and O–H groups in total. The van der Waals surface area contributed by atoms with Crippen LogP contribution in [0.25, 0.3) is 0 Å². The lowest BCUT2D eigenvalue weighted by Gasteiger charge is -2.28. The van der Waals surface area contributed by atoms with Crippen molar-refractivity contribution in [1.82, 2.24) is 5.01 Å². The highest BCUT2D eigenvalue weighted by Crippen LogP contribution is 2.32. The molecular weight excluding hydrogens is 419 g/mol. The summed E-state index contributed by atoms with van der Waals surface area (Å²) in [5, 5.41) is 16.1. The normalized spacial score (nSPS) is 20.1. The van der Waals surface area contributed by atoms with E-state index in [2.05, 4.69) is 24.7 Å². The standard InChI is InChI=1S/C19H28Cl2N2O4Si/c1-19(18(24)25)6-5-7-23(19)22-12-15-16(20)10-14(11-17(15)21)27-13-26-8-9-28(2,3)4/h10-12H,5-9,13H2,1-4H3,(H,24,25). The molecule has 156 valence electrons. The number of carboxylic acids is 1. The van der Waals surface area contributed by atoms with Crippen LogP contribution >= 0.6 is 23.2 Å². The van der Waals surface area contributed by atoms with E-state index in [9.17, 15) is 9.90 Å². The van der Waals surface area contributed by atoms with Gasteiger partial charge in [-0.15, -0.1) is 0 Å². The van der Waals surface area contributed by atoms with Crippen molar-refractivity contribution < 1.29 is 19.4 Å². The molecule has 1 unspecified atom stereocenters. The largest absolute Gasteiger partial charge is 0.479 e. The van der Waals surface area contributed by atoms with Gasteiger partial charge >= 0.3 is 5.97 Å². The monoisotopic (exact) mass is 446 g/mol. The van der Waals surface area contributed by atoms with E-state index >= 15 is 0 Å². The molecule has 1 aromatic rings. The van der Waals surface area contributed by atoms with Gasteiger partial charge in [-0.3, -0.25) is 5.01 Å². The number of rotatable bonds is 9. The summed E-state index contributed by atoms with van der Waals surface area (Å²) in [4.78, 5) is 11.5. The van der Waals surface area contributed by atoms with Crippen LogP contribution in [0.5, 0.6) is 5.75 Å². The minimum absolute atomic E-state index is 0.134. The van der Waals surface area contributed by atoms with Crippen molar-refractivity contribution in [2.24, 2.45) is 5.10 Å². The molecule has 1 atom stereocenters. The van der Waals surface area contributed by atoms with Gasteiger partial charge in [-0.1, -0.05) is 42.8 Å². The number of hydrazone groups is 1. The molecule has 0 amide bonds. The van der Waals surface area contributed by atoms with Gasteiger partial charge in [0.05, 0.1) is 16.3 Å². The molecule has 1 heterocycles. The van der Waals surface area contributed by atoms with E-state index in [1.807, 2.05) is 0 Å². The predicted molar refractivity (Wildman–Crippen MR) is 116 cm³/mol. The first-order valence-corrected chi connectivity index (χ1v) is 13.7. The van der Waals surface area contributed by atoms with E-state index in [1.54, 1.807) is 24.1 Å². The van der Waals surface area contributed by atoms with E-state index in [1.165, 1.54) is 6.21 Å². The molecule has 1 aromatic carbocycles. The molecule has 1 fully saturated rings. The SMILES string of the molecule is CC1(C(=O)O)CCCN1N=Cc1c(Cl)cc(OCOCC[Si](C)(C)C)cc1Cl. The van der Waals surface area contributed by atoms with Crippen molar-refractivity contribution >= 4 is 43.5 Å². The topological polar surface area (TPSA) is 71.4 Å². The van der Waals surface area contributed by atoms with E-state index in [-0.39, 0.29) is 6.79 Å². The maximum absolute atomic E-state index is 11.5. The molecule has 1 aliphatic heterocycles. The van der Waals surface area contributed by atoms with Gasteiger partial charge in [-0.25, -0.2) is 4.79 Å². The van der Waals surface area contributed by atoms with Crippen LogP contribution in [0.1, 0.15) is 25.3 Å². The second-order valence-corrected chi connectivity index (χ2v) is 14.8. The van der Waals surface area contributed by atoms with Crippen molar-refractivity contribution in [3.05, 3.63) is 27.7 Å². The molecule has 0 aromatic heterocycles. The zero-order valence-electron chi connectivity index (χ0n) is 16.8. The molecule has 0 spiro atoms. The Labute approximate surface area is 177 Å². The second kappa shape index (κ2) is 9.48. The molecule has 0 aliphatic carbocycles. The zero-order valence-corrected chi connectivity index (χ0v) is 19.3. The molecule has 1 saturated heterocycles. The third kappa shape index (κ3) is 6.11. The first kappa shape index (κ1) is 23.0. The Balaban J connectivity index is 1.99. The average molecular weight is 447 g/mol. The van der Waals surface area contributed by atoms with Gasteiger partial charge in [-0.05, 0) is 37.9 Å². The van der Waals surface area contributed by atoms with E-state index < -0.39 is 19.6 Å². The maximum atomic E-state index is 11.5. The Hall–Kier alpha value is -1.28. The Morgan fingerprint density at radius 1 is 1.36 bits per heavy atom. The van der Waals surface area contributed by atoms with Gasteiger partial charge in [0.1, 0.15) is 5.75 Å². The lowest BCUT2D eigenvalue weighted by molar-refractivity contribution is -0.148. The lowest BCUT2D eigenvalue weighted by Crippen LogP contribution is -2.45. The van der Waals surface area contributed by atoms with Crippen LogP contribution in [0, 0.1) is 0 Å². The van der Waals surface area contributed by atoms with Crippen LogP contribution in [0.4, 0.5) is 0 Å². The summed E-state index contributed by atoms with van der Waals surface area (Å²) in [6.45, 7) is 9.91. The minimum atomic E-state index is -1.13. The summed E-state index contributed by atoms with van der Waals surface area (Å²) < 4.78 is 11.1. The summed E-state index contributed by atoms with van der Waals surface area (Å²) in [5.41, 5.74) is -0.485. The number of carboxylic acid groups (broad SMARTS) is 1. The zero-order chi connectivity index (χ0) is 20.9. The highest BCUT2D eigenvalue weighted by atomic mass is 35.5. The van der Waals surface area contributed by atoms with E-state index in [0.29, 0.717) is 40.9 Å². The number of halogens is 2. The molecule has 2 rings (SSSR count). The molecule has 1 aliphatic rings. The third-order valence-electron chi connectivity index (χ3n) is 4.75. The van der Waals surface area contributed by atoms with Crippen LogP contribution in [-0.2, 0) is 9.53 Å². The number of hydrogen-bond acceptors (Lipinski definition) is 5. The van der Waals surface area contributed by atoms with Gasteiger partial charge in [-0.2, -0.15) is 5.10 Å². The highest BCUT2D eigenvalue weighted by molar-refractivity contribution is 6.76. The van der Waals surface area contributed by atoms with Crippen LogP contribution in [0.2, 0.25) is 35.7 Å². The third-order valence-corrected chi connectivity index (χ3v) is 7.08.